The largest absolute Gasteiger partial charge is 0.479 e. The van der Waals surface area contributed by atoms with Gasteiger partial charge in [-0.1, -0.05) is 42.5 Å². The topological polar surface area (TPSA) is 34.4 Å². The van der Waals surface area contributed by atoms with Crippen LogP contribution in [0.4, 0.5) is 4.39 Å². The van der Waals surface area contributed by atoms with E-state index in [0.29, 0.717) is 11.3 Å². The first-order chi connectivity index (χ1) is 10.8. The Morgan fingerprint density at radius 1 is 1.09 bits per heavy atom. The third-order valence-electron chi connectivity index (χ3n) is 3.55. The van der Waals surface area contributed by atoms with Crippen LogP contribution in [0.3, 0.4) is 0 Å². The Morgan fingerprint density at radius 3 is 2.68 bits per heavy atom. The fraction of sp³-hybridized carbons (Fsp3) is 0.222. The zero-order valence-electron chi connectivity index (χ0n) is 12.3. The van der Waals surface area contributed by atoms with Gasteiger partial charge in [-0.2, -0.15) is 0 Å². The molecule has 0 saturated heterocycles. The Bertz CT molecular complexity index is 726. The molecule has 0 amide bonds. The van der Waals surface area contributed by atoms with Crippen LogP contribution in [0.1, 0.15) is 11.7 Å². The number of hydrogen-bond acceptors (Lipinski definition) is 3. The number of benzene rings is 2. The second kappa shape index (κ2) is 6.62. The lowest BCUT2D eigenvalue weighted by atomic mass is 10.0. The molecule has 3 rings (SSSR count). The minimum Gasteiger partial charge on any atom is -0.479 e. The molecule has 0 aliphatic rings. The van der Waals surface area contributed by atoms with Gasteiger partial charge in [0.05, 0.1) is 6.26 Å². The quantitative estimate of drug-likeness (QED) is 0.744. The fourth-order valence-electron chi connectivity index (χ4n) is 2.49. The van der Waals surface area contributed by atoms with Crippen molar-refractivity contribution in [3.05, 3.63) is 66.4 Å². The van der Waals surface area contributed by atoms with Gasteiger partial charge in [0.15, 0.2) is 23.6 Å². The Kier molecular flexibility index (Phi) is 4.39. The lowest BCUT2D eigenvalue weighted by Gasteiger charge is -2.23. The van der Waals surface area contributed by atoms with E-state index in [9.17, 15) is 4.39 Å². The van der Waals surface area contributed by atoms with E-state index in [1.165, 1.54) is 0 Å². The summed E-state index contributed by atoms with van der Waals surface area (Å²) in [7, 11) is 1.72. The molecule has 0 bridgehead atoms. The van der Waals surface area contributed by atoms with Crippen molar-refractivity contribution in [2.24, 2.45) is 0 Å². The Balaban J connectivity index is 1.94. The van der Waals surface area contributed by atoms with Gasteiger partial charge in [-0.25, -0.2) is 4.39 Å². The number of nitrogens with one attached hydrogen (secondary N) is 1. The number of alkyl halides is 1. The normalized spacial score (nSPS) is 13.9. The molecule has 114 valence electrons. The molecule has 0 fully saturated rings. The number of ether oxygens (including phenoxy) is 1. The van der Waals surface area contributed by atoms with Crippen molar-refractivity contribution >= 4 is 11.0 Å². The summed E-state index contributed by atoms with van der Waals surface area (Å²) in [4.78, 5) is 0. The average molecular weight is 299 g/mol. The second-order valence-corrected chi connectivity index (χ2v) is 5.12. The fourth-order valence-corrected chi connectivity index (χ4v) is 2.49. The van der Waals surface area contributed by atoms with Crippen LogP contribution < -0.4 is 10.1 Å². The first-order valence-corrected chi connectivity index (χ1v) is 7.26. The van der Waals surface area contributed by atoms with Crippen LogP contribution in [0.2, 0.25) is 0 Å². The van der Waals surface area contributed by atoms with Crippen LogP contribution in [0.5, 0.6) is 5.75 Å². The summed E-state index contributed by atoms with van der Waals surface area (Å²) in [5, 5.41) is 3.80. The molecule has 1 aromatic heterocycles. The minimum absolute atomic E-state index is 0.216. The Morgan fingerprint density at radius 2 is 1.91 bits per heavy atom. The molecular weight excluding hydrogens is 281 g/mol. The molecule has 0 aliphatic heterocycles. The van der Waals surface area contributed by atoms with Crippen molar-refractivity contribution in [1.82, 2.24) is 5.32 Å². The van der Waals surface area contributed by atoms with E-state index in [0.717, 1.165) is 10.9 Å². The summed E-state index contributed by atoms with van der Waals surface area (Å²) in [5.41, 5.74) is 1.44. The van der Waals surface area contributed by atoms with Crippen LogP contribution in [-0.4, -0.2) is 19.8 Å². The first kappa shape index (κ1) is 14.6. The molecule has 0 aliphatic carbocycles. The third-order valence-corrected chi connectivity index (χ3v) is 3.55. The van der Waals surface area contributed by atoms with Gasteiger partial charge in [-0.15, -0.1) is 0 Å². The molecule has 0 saturated carbocycles. The highest BCUT2D eigenvalue weighted by molar-refractivity contribution is 5.82. The number of para-hydroxylation sites is 1. The van der Waals surface area contributed by atoms with Gasteiger partial charge in [0.2, 0.25) is 0 Å². The molecule has 3 nitrogen and oxygen atoms in total. The van der Waals surface area contributed by atoms with E-state index in [1.54, 1.807) is 19.4 Å². The standard InChI is InChI=1S/C18H18FNO2/c1-20-12-15(19)17(13-6-3-2-4-7-13)22-16-9-5-8-14-10-11-21-18(14)16/h2-11,15,17,20H,12H2,1H3/t15-,17+/m1/s1. The maximum absolute atomic E-state index is 14.5. The lowest BCUT2D eigenvalue weighted by Crippen LogP contribution is -2.29. The van der Waals surface area contributed by atoms with Crippen LogP contribution in [0.25, 0.3) is 11.0 Å². The lowest BCUT2D eigenvalue weighted by molar-refractivity contribution is 0.101. The van der Waals surface area contributed by atoms with Gasteiger partial charge in [0.1, 0.15) is 0 Å². The van der Waals surface area contributed by atoms with Gasteiger partial charge in [0.25, 0.3) is 0 Å². The highest BCUT2D eigenvalue weighted by atomic mass is 19.1. The SMILES string of the molecule is CNC[C@@H](F)[C@@H](Oc1cccc2ccoc12)c1ccccc1. The molecule has 3 aromatic rings. The maximum Gasteiger partial charge on any atom is 0.175 e. The summed E-state index contributed by atoms with van der Waals surface area (Å²) >= 11 is 0. The van der Waals surface area contributed by atoms with Crippen molar-refractivity contribution in [3.8, 4) is 5.75 Å². The number of furan rings is 1. The van der Waals surface area contributed by atoms with Gasteiger partial charge in [-0.05, 0) is 24.7 Å². The van der Waals surface area contributed by atoms with Crippen molar-refractivity contribution in [2.45, 2.75) is 12.3 Å². The molecule has 1 heterocycles. The van der Waals surface area contributed by atoms with Gasteiger partial charge in [-0.3, -0.25) is 0 Å². The molecule has 0 radical (unpaired) electrons. The molecule has 4 heteroatoms. The second-order valence-electron chi connectivity index (χ2n) is 5.12. The van der Waals surface area contributed by atoms with E-state index in [-0.39, 0.29) is 6.54 Å². The molecule has 22 heavy (non-hydrogen) atoms. The summed E-state index contributed by atoms with van der Waals surface area (Å²) in [6.07, 6.45) is -0.253. The van der Waals surface area contributed by atoms with Crippen LogP contribution >= 0.6 is 0 Å². The minimum atomic E-state index is -1.17. The maximum atomic E-state index is 14.5. The third kappa shape index (κ3) is 2.97. The Labute approximate surface area is 128 Å². The predicted molar refractivity (Wildman–Crippen MR) is 84.8 cm³/mol. The summed E-state index contributed by atoms with van der Waals surface area (Å²) < 4.78 is 26.0. The van der Waals surface area contributed by atoms with Crippen molar-refractivity contribution < 1.29 is 13.5 Å². The van der Waals surface area contributed by atoms with Crippen LogP contribution in [0.15, 0.2) is 65.3 Å². The highest BCUT2D eigenvalue weighted by Crippen LogP contribution is 2.32. The number of hydrogen-bond donors (Lipinski definition) is 1. The van der Waals surface area contributed by atoms with Crippen molar-refractivity contribution in [3.63, 3.8) is 0 Å². The summed E-state index contributed by atoms with van der Waals surface area (Å²) in [6.45, 7) is 0.216. The first-order valence-electron chi connectivity index (χ1n) is 7.26. The molecule has 2 aromatic carbocycles. The van der Waals surface area contributed by atoms with E-state index in [2.05, 4.69) is 5.32 Å². The molecule has 2 atom stereocenters. The molecule has 0 unspecified atom stereocenters. The van der Waals surface area contributed by atoms with Crippen LogP contribution in [0, 0.1) is 0 Å². The summed E-state index contributed by atoms with van der Waals surface area (Å²) in [6, 6.07) is 16.9. The Hall–Kier alpha value is -2.33. The van der Waals surface area contributed by atoms with Crippen molar-refractivity contribution in [1.29, 1.82) is 0 Å². The average Bonchev–Trinajstić information content (AvgIpc) is 3.03. The monoisotopic (exact) mass is 299 g/mol. The molecule has 0 spiro atoms. The van der Waals surface area contributed by atoms with E-state index in [4.69, 9.17) is 9.15 Å². The number of halogens is 1. The zero-order chi connectivity index (χ0) is 15.4. The zero-order valence-corrected chi connectivity index (χ0v) is 12.3. The smallest absolute Gasteiger partial charge is 0.175 e. The van der Waals surface area contributed by atoms with E-state index >= 15 is 0 Å². The number of fused-ring (bicyclic) bond motifs is 1. The van der Waals surface area contributed by atoms with E-state index in [1.807, 2.05) is 48.5 Å². The van der Waals surface area contributed by atoms with E-state index < -0.39 is 12.3 Å². The van der Waals surface area contributed by atoms with Crippen LogP contribution in [-0.2, 0) is 0 Å². The number of rotatable bonds is 6. The van der Waals surface area contributed by atoms with Crippen molar-refractivity contribution in [2.75, 3.05) is 13.6 Å². The summed E-state index contributed by atoms with van der Waals surface area (Å²) in [5.74, 6) is 0.551. The van der Waals surface area contributed by atoms with Gasteiger partial charge in [0, 0.05) is 11.9 Å². The van der Waals surface area contributed by atoms with Gasteiger partial charge < -0.3 is 14.5 Å². The highest BCUT2D eigenvalue weighted by Gasteiger charge is 2.25. The predicted octanol–water partition coefficient (Wildman–Crippen LogP) is 4.11. The van der Waals surface area contributed by atoms with Gasteiger partial charge >= 0.3 is 0 Å². The molecule has 1 N–H and O–H groups in total. The molecular formula is C18H18FNO2.